The first kappa shape index (κ1) is 19.9. The number of carbonyl (C=O) groups is 1. The molecule has 4 rings (SSSR count). The summed E-state index contributed by atoms with van der Waals surface area (Å²) in [6, 6.07) is 5.96. The van der Waals surface area contributed by atoms with Gasteiger partial charge >= 0.3 is 0 Å². The number of nitro groups is 1. The van der Waals surface area contributed by atoms with E-state index in [1.54, 1.807) is 18.2 Å². The third kappa shape index (κ3) is 4.61. The number of nitrogens with zero attached hydrogens (tertiary/aromatic N) is 4. The quantitative estimate of drug-likeness (QED) is 0.432. The third-order valence-corrected chi connectivity index (χ3v) is 6.53. The maximum Gasteiger partial charge on any atom is 0.293 e. The van der Waals surface area contributed by atoms with Gasteiger partial charge in [0.25, 0.3) is 5.69 Å². The molecular formula is C22H30N4O3. The van der Waals surface area contributed by atoms with Gasteiger partial charge in [0.15, 0.2) is 0 Å². The molecule has 0 unspecified atom stereocenters. The van der Waals surface area contributed by atoms with Crippen molar-refractivity contribution in [1.82, 2.24) is 9.80 Å². The Balaban J connectivity index is 1.37. The molecule has 3 fully saturated rings. The maximum atomic E-state index is 12.6. The molecule has 7 heteroatoms. The Morgan fingerprint density at radius 1 is 1.00 bits per heavy atom. The van der Waals surface area contributed by atoms with E-state index in [1.165, 1.54) is 25.7 Å². The summed E-state index contributed by atoms with van der Waals surface area (Å²) in [5.41, 5.74) is 1.49. The fraction of sp³-hybridized carbons (Fsp3) is 0.591. The van der Waals surface area contributed by atoms with Crippen molar-refractivity contribution in [2.24, 2.45) is 0 Å². The van der Waals surface area contributed by atoms with E-state index in [4.69, 9.17) is 0 Å². The number of anilines is 1. The summed E-state index contributed by atoms with van der Waals surface area (Å²) in [4.78, 5) is 30.3. The number of carbonyl (C=O) groups excluding carboxylic acids is 1. The smallest absolute Gasteiger partial charge is 0.293 e. The molecule has 0 radical (unpaired) electrons. The number of piperazine rings is 1. The van der Waals surface area contributed by atoms with E-state index in [0.717, 1.165) is 52.1 Å². The molecule has 0 N–H and O–H groups in total. The third-order valence-electron chi connectivity index (χ3n) is 6.53. The zero-order valence-corrected chi connectivity index (χ0v) is 17.0. The van der Waals surface area contributed by atoms with Crippen LogP contribution in [0.5, 0.6) is 0 Å². The highest BCUT2D eigenvalue weighted by Gasteiger charge is 2.27. The fourth-order valence-electron chi connectivity index (χ4n) is 4.87. The highest BCUT2D eigenvalue weighted by molar-refractivity contribution is 5.92. The predicted octanol–water partition coefficient (Wildman–Crippen LogP) is 3.30. The summed E-state index contributed by atoms with van der Waals surface area (Å²) in [7, 11) is 0. The zero-order chi connectivity index (χ0) is 20.2. The van der Waals surface area contributed by atoms with Gasteiger partial charge in [-0.25, -0.2) is 0 Å². The lowest BCUT2D eigenvalue weighted by Crippen LogP contribution is -2.51. The van der Waals surface area contributed by atoms with Gasteiger partial charge in [0.1, 0.15) is 5.69 Å². The number of benzene rings is 1. The van der Waals surface area contributed by atoms with Crippen LogP contribution < -0.4 is 4.90 Å². The standard InChI is InChI=1S/C22H30N4O3/c27-22(25-15-13-23(14-16-25)19-5-1-2-6-19)10-8-18-7-9-20(21(17-18)26(28)29)24-11-3-4-12-24/h7-10,17,19H,1-6,11-16H2. The summed E-state index contributed by atoms with van der Waals surface area (Å²) >= 11 is 0. The van der Waals surface area contributed by atoms with Gasteiger partial charge < -0.3 is 9.80 Å². The molecule has 0 spiro atoms. The second kappa shape index (κ2) is 8.95. The Morgan fingerprint density at radius 3 is 2.34 bits per heavy atom. The minimum absolute atomic E-state index is 0.0117. The molecule has 1 aromatic carbocycles. The van der Waals surface area contributed by atoms with Crippen molar-refractivity contribution in [1.29, 1.82) is 0 Å². The van der Waals surface area contributed by atoms with E-state index in [0.29, 0.717) is 17.3 Å². The first-order chi connectivity index (χ1) is 14.1. The van der Waals surface area contributed by atoms with E-state index in [-0.39, 0.29) is 16.5 Å². The Kier molecular flexibility index (Phi) is 6.13. The van der Waals surface area contributed by atoms with Crippen molar-refractivity contribution < 1.29 is 9.72 Å². The first-order valence-electron chi connectivity index (χ1n) is 10.9. The largest absolute Gasteiger partial charge is 0.366 e. The van der Waals surface area contributed by atoms with Crippen LogP contribution in [0.4, 0.5) is 11.4 Å². The van der Waals surface area contributed by atoms with Crippen LogP contribution in [0.25, 0.3) is 6.08 Å². The molecule has 2 aliphatic heterocycles. The molecule has 2 saturated heterocycles. The molecule has 0 bridgehead atoms. The van der Waals surface area contributed by atoms with Gasteiger partial charge in [-0.2, -0.15) is 0 Å². The zero-order valence-electron chi connectivity index (χ0n) is 17.0. The molecule has 2 heterocycles. The fourth-order valence-corrected chi connectivity index (χ4v) is 4.87. The lowest BCUT2D eigenvalue weighted by Gasteiger charge is -2.37. The second-order valence-electron chi connectivity index (χ2n) is 8.33. The van der Waals surface area contributed by atoms with Crippen LogP contribution in [-0.2, 0) is 4.79 Å². The lowest BCUT2D eigenvalue weighted by atomic mass is 10.1. The summed E-state index contributed by atoms with van der Waals surface area (Å²) in [5.74, 6) is -0.0117. The molecule has 1 saturated carbocycles. The predicted molar refractivity (Wildman–Crippen MR) is 114 cm³/mol. The summed E-state index contributed by atoms with van der Waals surface area (Å²) in [6.07, 6.45) is 10.6. The molecule has 29 heavy (non-hydrogen) atoms. The molecule has 7 nitrogen and oxygen atoms in total. The van der Waals surface area contributed by atoms with E-state index >= 15 is 0 Å². The van der Waals surface area contributed by atoms with Crippen LogP contribution in [0.2, 0.25) is 0 Å². The molecule has 1 aromatic rings. The second-order valence-corrected chi connectivity index (χ2v) is 8.33. The van der Waals surface area contributed by atoms with Gasteiger partial charge in [-0.1, -0.05) is 18.9 Å². The van der Waals surface area contributed by atoms with Crippen LogP contribution in [0.3, 0.4) is 0 Å². The van der Waals surface area contributed by atoms with Crippen molar-refractivity contribution in [3.05, 3.63) is 40.0 Å². The molecule has 1 aliphatic carbocycles. The number of amides is 1. The van der Waals surface area contributed by atoms with Crippen LogP contribution in [0.1, 0.15) is 44.1 Å². The Morgan fingerprint density at radius 2 is 1.69 bits per heavy atom. The van der Waals surface area contributed by atoms with E-state index in [1.807, 2.05) is 17.0 Å². The van der Waals surface area contributed by atoms with Crippen LogP contribution in [-0.4, -0.2) is 65.9 Å². The monoisotopic (exact) mass is 398 g/mol. The van der Waals surface area contributed by atoms with Crippen molar-refractivity contribution >= 4 is 23.4 Å². The van der Waals surface area contributed by atoms with Crippen molar-refractivity contribution in [2.45, 2.75) is 44.6 Å². The van der Waals surface area contributed by atoms with Crippen LogP contribution >= 0.6 is 0 Å². The van der Waals surface area contributed by atoms with Crippen LogP contribution in [0.15, 0.2) is 24.3 Å². The minimum atomic E-state index is -0.324. The molecule has 1 amide bonds. The van der Waals surface area contributed by atoms with E-state index in [9.17, 15) is 14.9 Å². The Bertz CT molecular complexity index is 774. The van der Waals surface area contributed by atoms with Crippen molar-refractivity contribution in [2.75, 3.05) is 44.2 Å². The minimum Gasteiger partial charge on any atom is -0.366 e. The van der Waals surface area contributed by atoms with E-state index in [2.05, 4.69) is 9.80 Å². The molecular weight excluding hydrogens is 368 g/mol. The van der Waals surface area contributed by atoms with Crippen molar-refractivity contribution in [3.8, 4) is 0 Å². The van der Waals surface area contributed by atoms with Crippen LogP contribution in [0, 0.1) is 10.1 Å². The summed E-state index contributed by atoms with van der Waals surface area (Å²) < 4.78 is 0. The van der Waals surface area contributed by atoms with Gasteiger partial charge in [0.05, 0.1) is 4.92 Å². The van der Waals surface area contributed by atoms with Gasteiger partial charge in [0.2, 0.25) is 5.91 Å². The Hall–Kier alpha value is -2.41. The first-order valence-corrected chi connectivity index (χ1v) is 10.9. The highest BCUT2D eigenvalue weighted by Crippen LogP contribution is 2.32. The van der Waals surface area contributed by atoms with Gasteiger partial charge in [-0.05, 0) is 43.4 Å². The number of rotatable bonds is 5. The molecule has 0 atom stereocenters. The van der Waals surface area contributed by atoms with E-state index < -0.39 is 0 Å². The van der Waals surface area contributed by atoms with Crippen molar-refractivity contribution in [3.63, 3.8) is 0 Å². The van der Waals surface area contributed by atoms with Gasteiger partial charge in [-0.3, -0.25) is 19.8 Å². The lowest BCUT2D eigenvalue weighted by molar-refractivity contribution is -0.384. The average molecular weight is 399 g/mol. The summed E-state index contributed by atoms with van der Waals surface area (Å²) in [6.45, 7) is 5.13. The normalized spacial score (nSPS) is 21.4. The number of hydrogen-bond donors (Lipinski definition) is 0. The van der Waals surface area contributed by atoms with Gasteiger partial charge in [-0.15, -0.1) is 0 Å². The maximum absolute atomic E-state index is 12.6. The Labute approximate surface area is 172 Å². The molecule has 3 aliphatic rings. The van der Waals surface area contributed by atoms with Gasteiger partial charge in [0, 0.05) is 57.5 Å². The SMILES string of the molecule is O=C(C=Cc1ccc(N2CCCC2)c([N+](=O)[O-])c1)N1CCN(C2CCCC2)CC1. The molecule has 156 valence electrons. The average Bonchev–Trinajstić information content (AvgIpc) is 3.46. The topological polar surface area (TPSA) is 69.9 Å². The highest BCUT2D eigenvalue weighted by atomic mass is 16.6. The number of hydrogen-bond acceptors (Lipinski definition) is 5. The number of nitro benzene ring substituents is 1. The molecule has 0 aromatic heterocycles. The summed E-state index contributed by atoms with van der Waals surface area (Å²) in [5, 5.41) is 11.5.